The fraction of sp³-hybridized carbons (Fsp3) is 0.720. The lowest BCUT2D eigenvalue weighted by atomic mass is 9.90. The molecule has 0 bridgehead atoms. The molecule has 1 N–H and O–H groups in total. The van der Waals surface area contributed by atoms with E-state index in [2.05, 4.69) is 44.1 Å². The molecule has 1 aromatic heterocycles. The van der Waals surface area contributed by atoms with Gasteiger partial charge in [-0.25, -0.2) is 0 Å². The number of rotatable bonds is 8. The molecule has 172 valence electrons. The van der Waals surface area contributed by atoms with Crippen molar-refractivity contribution in [3.05, 3.63) is 30.1 Å². The van der Waals surface area contributed by atoms with Gasteiger partial charge in [0.2, 0.25) is 11.8 Å². The maximum absolute atomic E-state index is 13.6. The van der Waals surface area contributed by atoms with Gasteiger partial charge in [-0.2, -0.15) is 0 Å². The second-order valence-corrected chi connectivity index (χ2v) is 10.1. The average molecular weight is 429 g/mol. The number of carbonyl (C=O) groups is 2. The first-order chi connectivity index (χ1) is 14.8. The average Bonchev–Trinajstić information content (AvgIpc) is 2.74. The van der Waals surface area contributed by atoms with Crippen LogP contribution in [0.15, 0.2) is 24.5 Å². The first-order valence-electron chi connectivity index (χ1n) is 12.1. The molecule has 2 aliphatic heterocycles. The highest BCUT2D eigenvalue weighted by molar-refractivity contribution is 5.90. The van der Waals surface area contributed by atoms with Crippen molar-refractivity contribution in [2.75, 3.05) is 26.2 Å². The number of piperidine rings is 1. The fourth-order valence-electron chi connectivity index (χ4n) is 4.95. The number of hydrogen-bond acceptors (Lipinski definition) is 4. The van der Waals surface area contributed by atoms with Crippen molar-refractivity contribution in [2.45, 2.75) is 71.9 Å². The second-order valence-electron chi connectivity index (χ2n) is 10.1. The molecule has 0 radical (unpaired) electrons. The molecule has 3 heterocycles. The predicted octanol–water partition coefficient (Wildman–Crippen LogP) is 3.12. The minimum Gasteiger partial charge on any atom is -0.341 e. The lowest BCUT2D eigenvalue weighted by Gasteiger charge is -2.42. The number of aromatic nitrogens is 1. The van der Waals surface area contributed by atoms with Crippen LogP contribution in [0.2, 0.25) is 0 Å². The lowest BCUT2D eigenvalue weighted by Crippen LogP contribution is -2.62. The van der Waals surface area contributed by atoms with E-state index in [0.29, 0.717) is 24.3 Å². The molecule has 6 heteroatoms. The molecule has 2 saturated heterocycles. The summed E-state index contributed by atoms with van der Waals surface area (Å²) in [6.07, 6.45) is 8.36. The Morgan fingerprint density at radius 3 is 2.52 bits per heavy atom. The van der Waals surface area contributed by atoms with Gasteiger partial charge in [-0.05, 0) is 61.5 Å². The smallest absolute Gasteiger partial charge is 0.245 e. The highest BCUT2D eigenvalue weighted by atomic mass is 16.2. The molecule has 2 amide bonds. The molecule has 0 aromatic carbocycles. The molecule has 2 aliphatic rings. The number of pyridine rings is 1. The number of piperazine rings is 1. The monoisotopic (exact) mass is 428 g/mol. The van der Waals surface area contributed by atoms with E-state index >= 15 is 0 Å². The van der Waals surface area contributed by atoms with Crippen LogP contribution in [0.1, 0.15) is 58.9 Å². The van der Waals surface area contributed by atoms with E-state index in [0.717, 1.165) is 51.7 Å². The van der Waals surface area contributed by atoms with Crippen molar-refractivity contribution in [3.63, 3.8) is 0 Å². The SMILES string of the molecule is CC(C)C[C@@H]1NCCN([C@@H](CC(C)C)C(=O)N2CCC(Cc3cccnc3)CC2)C1=O. The van der Waals surface area contributed by atoms with Gasteiger partial charge in [0.15, 0.2) is 0 Å². The summed E-state index contributed by atoms with van der Waals surface area (Å²) >= 11 is 0. The third-order valence-corrected chi connectivity index (χ3v) is 6.56. The van der Waals surface area contributed by atoms with Crippen LogP contribution in [0.3, 0.4) is 0 Å². The van der Waals surface area contributed by atoms with Crippen LogP contribution in [0.25, 0.3) is 0 Å². The zero-order valence-electron chi connectivity index (χ0n) is 19.7. The maximum Gasteiger partial charge on any atom is 0.245 e. The Bertz CT molecular complexity index is 713. The molecule has 2 atom stereocenters. The molecule has 3 rings (SSSR count). The first-order valence-corrected chi connectivity index (χ1v) is 12.1. The first kappa shape index (κ1) is 23.7. The topological polar surface area (TPSA) is 65.5 Å². The van der Waals surface area contributed by atoms with Crippen molar-refractivity contribution >= 4 is 11.8 Å². The molecule has 0 unspecified atom stereocenters. The fourth-order valence-corrected chi connectivity index (χ4v) is 4.95. The van der Waals surface area contributed by atoms with Crippen LogP contribution in [0.4, 0.5) is 0 Å². The van der Waals surface area contributed by atoms with Gasteiger partial charge in [0.05, 0.1) is 6.04 Å². The third-order valence-electron chi connectivity index (χ3n) is 6.56. The van der Waals surface area contributed by atoms with Crippen LogP contribution >= 0.6 is 0 Å². The van der Waals surface area contributed by atoms with E-state index in [1.807, 2.05) is 28.3 Å². The minimum absolute atomic E-state index is 0.102. The highest BCUT2D eigenvalue weighted by Gasteiger charge is 2.39. The number of nitrogens with zero attached hydrogens (tertiary/aromatic N) is 3. The number of hydrogen-bond donors (Lipinski definition) is 1. The van der Waals surface area contributed by atoms with Crippen LogP contribution in [-0.2, 0) is 16.0 Å². The molecule has 31 heavy (non-hydrogen) atoms. The molecular formula is C25H40N4O2. The maximum atomic E-state index is 13.6. The van der Waals surface area contributed by atoms with Gasteiger partial charge in [-0.1, -0.05) is 33.8 Å². The van der Waals surface area contributed by atoms with Gasteiger partial charge in [0, 0.05) is 38.6 Å². The van der Waals surface area contributed by atoms with Gasteiger partial charge < -0.3 is 15.1 Å². The summed E-state index contributed by atoms with van der Waals surface area (Å²) in [6, 6.07) is 3.62. The van der Waals surface area contributed by atoms with Crippen LogP contribution in [0, 0.1) is 17.8 Å². The third kappa shape index (κ3) is 6.52. The number of amides is 2. The van der Waals surface area contributed by atoms with Gasteiger partial charge in [0.25, 0.3) is 0 Å². The Morgan fingerprint density at radius 1 is 1.16 bits per heavy atom. The number of nitrogens with one attached hydrogen (secondary N) is 1. The van der Waals surface area contributed by atoms with Gasteiger partial charge in [0.1, 0.15) is 6.04 Å². The van der Waals surface area contributed by atoms with Crippen molar-refractivity contribution < 1.29 is 9.59 Å². The van der Waals surface area contributed by atoms with E-state index in [1.165, 1.54) is 5.56 Å². The van der Waals surface area contributed by atoms with Gasteiger partial charge in [-0.15, -0.1) is 0 Å². The van der Waals surface area contributed by atoms with E-state index in [-0.39, 0.29) is 23.9 Å². The van der Waals surface area contributed by atoms with Gasteiger partial charge >= 0.3 is 0 Å². The lowest BCUT2D eigenvalue weighted by molar-refractivity contribution is -0.150. The second kappa shape index (κ2) is 11.1. The Morgan fingerprint density at radius 2 is 1.90 bits per heavy atom. The number of likely N-dealkylation sites (tertiary alicyclic amines) is 1. The molecular weight excluding hydrogens is 388 g/mol. The van der Waals surface area contributed by atoms with Crippen molar-refractivity contribution in [1.82, 2.24) is 20.1 Å². The molecule has 2 fully saturated rings. The molecule has 1 aromatic rings. The zero-order valence-corrected chi connectivity index (χ0v) is 19.7. The summed E-state index contributed by atoms with van der Waals surface area (Å²) in [7, 11) is 0. The zero-order chi connectivity index (χ0) is 22.4. The molecule has 0 spiro atoms. The number of carbonyl (C=O) groups excluding carboxylic acids is 2. The predicted molar refractivity (Wildman–Crippen MR) is 123 cm³/mol. The molecule has 0 aliphatic carbocycles. The van der Waals surface area contributed by atoms with Crippen LogP contribution < -0.4 is 5.32 Å². The summed E-state index contributed by atoms with van der Waals surface area (Å²) < 4.78 is 0. The Hall–Kier alpha value is -1.95. The Balaban J connectivity index is 1.63. The summed E-state index contributed by atoms with van der Waals surface area (Å²) in [5.74, 6) is 1.65. The summed E-state index contributed by atoms with van der Waals surface area (Å²) in [5, 5.41) is 3.36. The normalized spacial score (nSPS) is 21.7. The highest BCUT2D eigenvalue weighted by Crippen LogP contribution is 2.25. The summed E-state index contributed by atoms with van der Waals surface area (Å²) in [4.78, 5) is 34.9. The van der Waals surface area contributed by atoms with Crippen LogP contribution in [-0.4, -0.2) is 64.9 Å². The van der Waals surface area contributed by atoms with Crippen molar-refractivity contribution in [2.24, 2.45) is 17.8 Å². The quantitative estimate of drug-likeness (QED) is 0.691. The van der Waals surface area contributed by atoms with E-state index < -0.39 is 0 Å². The molecule has 0 saturated carbocycles. The minimum atomic E-state index is -0.334. The van der Waals surface area contributed by atoms with Crippen LogP contribution in [0.5, 0.6) is 0 Å². The standard InChI is InChI=1S/C25H40N4O2/c1-18(2)14-22-24(30)29(13-10-27-22)23(15-19(3)4)25(31)28-11-7-20(8-12-28)16-21-6-5-9-26-17-21/h5-6,9,17-20,22-23,27H,7-8,10-16H2,1-4H3/t22-,23-/m0/s1. The van der Waals surface area contributed by atoms with E-state index in [9.17, 15) is 9.59 Å². The Kier molecular flexibility index (Phi) is 8.47. The van der Waals surface area contributed by atoms with Gasteiger partial charge in [-0.3, -0.25) is 14.6 Å². The Labute approximate surface area is 187 Å². The van der Waals surface area contributed by atoms with Crippen molar-refractivity contribution in [3.8, 4) is 0 Å². The largest absolute Gasteiger partial charge is 0.341 e. The van der Waals surface area contributed by atoms with E-state index in [1.54, 1.807) is 0 Å². The van der Waals surface area contributed by atoms with Crippen molar-refractivity contribution in [1.29, 1.82) is 0 Å². The summed E-state index contributed by atoms with van der Waals surface area (Å²) in [5.41, 5.74) is 1.27. The summed E-state index contributed by atoms with van der Waals surface area (Å²) in [6.45, 7) is 11.5. The molecule has 6 nitrogen and oxygen atoms in total. The van der Waals surface area contributed by atoms with E-state index in [4.69, 9.17) is 0 Å².